The van der Waals surface area contributed by atoms with Crippen molar-refractivity contribution in [2.24, 2.45) is 4.99 Å². The molecule has 0 saturated carbocycles. The molecule has 0 amide bonds. The number of rotatable bonds is 6. The van der Waals surface area contributed by atoms with E-state index < -0.39 is 0 Å². The van der Waals surface area contributed by atoms with Crippen LogP contribution in [0, 0.1) is 18.8 Å². The second-order valence-electron chi connectivity index (χ2n) is 8.20. The predicted octanol–water partition coefficient (Wildman–Crippen LogP) is 5.16. The zero-order chi connectivity index (χ0) is 22.3. The van der Waals surface area contributed by atoms with Gasteiger partial charge in [0.1, 0.15) is 0 Å². The average molecular weight is 421 g/mol. The maximum absolute atomic E-state index is 6.39. The largest absolute Gasteiger partial charge is 0.548 e. The molecule has 2 heterocycles. The van der Waals surface area contributed by atoms with Gasteiger partial charge in [0, 0.05) is 31.0 Å². The Morgan fingerprint density at radius 2 is 1.84 bits per heavy atom. The highest BCUT2D eigenvalue weighted by molar-refractivity contribution is 6.50. The smallest absolute Gasteiger partial charge is 0.361 e. The van der Waals surface area contributed by atoms with Crippen LogP contribution >= 0.6 is 0 Å². The molecule has 0 fully saturated rings. The lowest BCUT2D eigenvalue weighted by Gasteiger charge is -2.15. The van der Waals surface area contributed by atoms with Crippen LogP contribution in [0.5, 0.6) is 5.88 Å². The van der Waals surface area contributed by atoms with Gasteiger partial charge < -0.3 is 4.65 Å². The number of aryl methyl sites for hydroxylation is 1. The number of dihydropyridines is 1. The molecule has 1 aliphatic heterocycles. The summed E-state index contributed by atoms with van der Waals surface area (Å²) < 4.78 is 8.22. The molecular weight excluding hydrogens is 393 g/mol. The van der Waals surface area contributed by atoms with Gasteiger partial charge in [0.15, 0.2) is 11.7 Å². The number of allylic oxidation sites excluding steroid dienone is 1. The van der Waals surface area contributed by atoms with Crippen molar-refractivity contribution in [1.82, 2.24) is 9.78 Å². The Hall–Kier alpha value is -3.52. The number of aliphatic imine (C=N–C) groups is 1. The van der Waals surface area contributed by atoms with Crippen molar-refractivity contribution in [3.05, 3.63) is 94.7 Å². The summed E-state index contributed by atoms with van der Waals surface area (Å²) >= 11 is 0. The van der Waals surface area contributed by atoms with Crippen LogP contribution in [-0.2, 0) is 12.7 Å². The first-order valence-electron chi connectivity index (χ1n) is 11.1. The Morgan fingerprint density at radius 3 is 2.59 bits per heavy atom. The van der Waals surface area contributed by atoms with E-state index in [1.165, 1.54) is 16.7 Å². The van der Waals surface area contributed by atoms with Crippen LogP contribution in [0.3, 0.4) is 0 Å². The normalized spacial score (nSPS) is 13.0. The fourth-order valence-electron chi connectivity index (χ4n) is 3.81. The summed E-state index contributed by atoms with van der Waals surface area (Å²) in [7, 11) is 0. The molecule has 0 saturated heterocycles. The van der Waals surface area contributed by atoms with Crippen LogP contribution < -0.4 is 4.65 Å². The fraction of sp³-hybridized carbons (Fsp3) is 0.259. The van der Waals surface area contributed by atoms with Crippen LogP contribution in [0.4, 0.5) is 0 Å². The van der Waals surface area contributed by atoms with Crippen LogP contribution in [-0.4, -0.2) is 29.1 Å². The summed E-state index contributed by atoms with van der Waals surface area (Å²) in [6.45, 7) is 6.77. The lowest BCUT2D eigenvalue weighted by atomic mass is 9.65. The topological polar surface area (TPSA) is 39.4 Å². The predicted molar refractivity (Wildman–Crippen MR) is 132 cm³/mol. The Balaban J connectivity index is 1.61. The zero-order valence-corrected chi connectivity index (χ0v) is 19.0. The first-order valence-corrected chi connectivity index (χ1v) is 11.1. The summed E-state index contributed by atoms with van der Waals surface area (Å²) in [6, 6.07) is 21.0. The number of benzene rings is 2. The number of hydrogen-bond donors (Lipinski definition) is 0. The monoisotopic (exact) mass is 421 g/mol. The third kappa shape index (κ3) is 5.59. The SMILES string of the molecule is CC#CC1=CC(n2nc(Cc3ccc(C)cc3)cc2OB(C)Cc2ccccc2)=NCC1. The van der Waals surface area contributed by atoms with E-state index in [1.54, 1.807) is 0 Å². The van der Waals surface area contributed by atoms with Crippen molar-refractivity contribution in [3.8, 4) is 17.7 Å². The van der Waals surface area contributed by atoms with Crippen molar-refractivity contribution in [3.63, 3.8) is 0 Å². The number of hydrogen-bond acceptors (Lipinski definition) is 3. The van der Waals surface area contributed by atoms with Crippen molar-refractivity contribution < 1.29 is 4.65 Å². The van der Waals surface area contributed by atoms with Crippen molar-refractivity contribution in [2.45, 2.75) is 39.8 Å². The van der Waals surface area contributed by atoms with E-state index >= 15 is 0 Å². The molecule has 1 aromatic heterocycles. The standard InChI is InChI=1S/C27H28BN3O/c1-4-8-22-15-16-29-26(18-22)31-27(32-28(3)20-24-9-6-5-7-10-24)19-25(30-31)17-23-13-11-21(2)12-14-23/h5-7,9-14,18-19H,15-17,20H2,1-3H3. The summed E-state index contributed by atoms with van der Waals surface area (Å²) in [5.41, 5.74) is 5.77. The van der Waals surface area contributed by atoms with Gasteiger partial charge in [-0.1, -0.05) is 71.6 Å². The summed E-state index contributed by atoms with van der Waals surface area (Å²) in [5.74, 6) is 7.67. The average Bonchev–Trinajstić information content (AvgIpc) is 3.18. The van der Waals surface area contributed by atoms with E-state index in [1.807, 2.05) is 29.8 Å². The minimum atomic E-state index is 0.00292. The molecule has 0 bridgehead atoms. The highest BCUT2D eigenvalue weighted by Gasteiger charge is 2.20. The lowest BCUT2D eigenvalue weighted by Crippen LogP contribution is -2.25. The van der Waals surface area contributed by atoms with Crippen LogP contribution in [0.15, 0.2) is 77.3 Å². The molecule has 3 aromatic rings. The molecule has 0 atom stereocenters. The van der Waals surface area contributed by atoms with E-state index in [9.17, 15) is 0 Å². The van der Waals surface area contributed by atoms with E-state index in [4.69, 9.17) is 14.7 Å². The fourth-order valence-corrected chi connectivity index (χ4v) is 3.81. The summed E-state index contributed by atoms with van der Waals surface area (Å²) in [5, 5.41) is 4.87. The van der Waals surface area contributed by atoms with E-state index in [-0.39, 0.29) is 6.92 Å². The second-order valence-corrected chi connectivity index (χ2v) is 8.20. The van der Waals surface area contributed by atoms with E-state index in [2.05, 4.69) is 74.1 Å². The van der Waals surface area contributed by atoms with Gasteiger partial charge in [0.05, 0.1) is 5.69 Å². The third-order valence-electron chi connectivity index (χ3n) is 5.38. The molecule has 5 heteroatoms. The van der Waals surface area contributed by atoms with Gasteiger partial charge in [-0.05, 0) is 38.6 Å². The van der Waals surface area contributed by atoms with Gasteiger partial charge in [0.25, 0.3) is 0 Å². The van der Waals surface area contributed by atoms with Crippen LogP contribution in [0.25, 0.3) is 0 Å². The molecule has 0 aliphatic carbocycles. The molecule has 32 heavy (non-hydrogen) atoms. The molecule has 4 nitrogen and oxygen atoms in total. The first kappa shape index (κ1) is 21.7. The molecule has 160 valence electrons. The molecule has 2 aromatic carbocycles. The van der Waals surface area contributed by atoms with Crippen molar-refractivity contribution >= 4 is 12.8 Å². The Morgan fingerprint density at radius 1 is 1.06 bits per heavy atom. The van der Waals surface area contributed by atoms with E-state index in [0.29, 0.717) is 6.54 Å². The molecule has 0 spiro atoms. The Labute approximate surface area is 191 Å². The first-order chi connectivity index (χ1) is 15.6. The molecular formula is C27H28BN3O. The zero-order valence-electron chi connectivity index (χ0n) is 19.0. The lowest BCUT2D eigenvalue weighted by molar-refractivity contribution is 0.528. The summed E-state index contributed by atoms with van der Waals surface area (Å²) in [4.78, 5) is 4.71. The van der Waals surface area contributed by atoms with Gasteiger partial charge in [-0.2, -0.15) is 9.78 Å². The number of aromatic nitrogens is 2. The van der Waals surface area contributed by atoms with Crippen LogP contribution in [0.1, 0.15) is 35.7 Å². The molecule has 1 aliphatic rings. The molecule has 0 unspecified atom stereocenters. The highest BCUT2D eigenvalue weighted by atomic mass is 16.4. The minimum absolute atomic E-state index is 0.00292. The number of nitrogens with zero attached hydrogens (tertiary/aromatic N) is 3. The minimum Gasteiger partial charge on any atom is -0.548 e. The Bertz CT molecular complexity index is 1180. The van der Waals surface area contributed by atoms with Crippen molar-refractivity contribution in [2.75, 3.05) is 6.54 Å². The van der Waals surface area contributed by atoms with Gasteiger partial charge in [-0.25, -0.2) is 0 Å². The maximum atomic E-state index is 6.39. The Kier molecular flexibility index (Phi) is 6.92. The quantitative estimate of drug-likeness (QED) is 0.407. The third-order valence-corrected chi connectivity index (χ3v) is 5.38. The van der Waals surface area contributed by atoms with Gasteiger partial charge >= 0.3 is 6.92 Å². The van der Waals surface area contributed by atoms with Gasteiger partial charge in [-0.3, -0.25) is 4.99 Å². The summed E-state index contributed by atoms with van der Waals surface area (Å²) in [6.07, 6.45) is 4.46. The second kappa shape index (κ2) is 10.2. The van der Waals surface area contributed by atoms with Gasteiger partial charge in [-0.15, -0.1) is 5.92 Å². The highest BCUT2D eigenvalue weighted by Crippen LogP contribution is 2.21. The van der Waals surface area contributed by atoms with Crippen LogP contribution in [0.2, 0.25) is 6.82 Å². The molecule has 0 N–H and O–H groups in total. The molecule has 0 radical (unpaired) electrons. The maximum Gasteiger partial charge on any atom is 0.361 e. The van der Waals surface area contributed by atoms with E-state index in [0.717, 1.165) is 42.1 Å². The van der Waals surface area contributed by atoms with Gasteiger partial charge in [0.2, 0.25) is 0 Å². The van der Waals surface area contributed by atoms with Crippen molar-refractivity contribution in [1.29, 1.82) is 0 Å². The molecule has 4 rings (SSSR count).